The maximum atomic E-state index is 11.9. The van der Waals surface area contributed by atoms with Gasteiger partial charge in [-0.2, -0.15) is 0 Å². The van der Waals surface area contributed by atoms with E-state index in [4.69, 9.17) is 21.9 Å². The number of nitrogens with zero attached hydrogens (tertiary/aromatic N) is 3. The molecule has 6 nitrogen and oxygen atoms in total. The molecule has 1 atom stereocenters. The largest absolute Gasteiger partial charge is 0.465 e. The SMILES string of the molecule is CCOC(=O)C(NCCCN=[N+]=[N-])c1ccc(Cl)cc1. The summed E-state index contributed by atoms with van der Waals surface area (Å²) in [6.07, 6.45) is 0.646. The van der Waals surface area contributed by atoms with Crippen molar-refractivity contribution in [3.8, 4) is 0 Å². The van der Waals surface area contributed by atoms with Gasteiger partial charge in [0.2, 0.25) is 0 Å². The number of azide groups is 1. The van der Waals surface area contributed by atoms with Crippen LogP contribution in [0.1, 0.15) is 24.9 Å². The summed E-state index contributed by atoms with van der Waals surface area (Å²) in [7, 11) is 0. The van der Waals surface area contributed by atoms with Crippen LogP contribution < -0.4 is 5.32 Å². The standard InChI is InChI=1S/C13H17ClN4O2/c1-2-20-13(19)12(16-8-3-9-17-18-15)10-4-6-11(14)7-5-10/h4-7,12,16H,2-3,8-9H2,1H3. The number of carbonyl (C=O) groups excluding carboxylic acids is 1. The lowest BCUT2D eigenvalue weighted by molar-refractivity contribution is -0.145. The minimum Gasteiger partial charge on any atom is -0.465 e. The van der Waals surface area contributed by atoms with Gasteiger partial charge in [0.15, 0.2) is 0 Å². The van der Waals surface area contributed by atoms with E-state index in [1.165, 1.54) is 0 Å². The third-order valence-electron chi connectivity index (χ3n) is 2.57. The van der Waals surface area contributed by atoms with Crippen molar-refractivity contribution >= 4 is 17.6 Å². The third kappa shape index (κ3) is 5.48. The van der Waals surface area contributed by atoms with E-state index in [0.29, 0.717) is 31.1 Å². The van der Waals surface area contributed by atoms with Gasteiger partial charge < -0.3 is 10.1 Å². The molecule has 0 radical (unpaired) electrons. The number of halogens is 1. The molecule has 7 heteroatoms. The molecule has 1 aromatic rings. The van der Waals surface area contributed by atoms with Crippen LogP contribution in [0, 0.1) is 0 Å². The van der Waals surface area contributed by atoms with Crippen LogP contribution in [0.2, 0.25) is 5.02 Å². The molecular formula is C13H17ClN4O2. The smallest absolute Gasteiger partial charge is 0.327 e. The Balaban J connectivity index is 2.67. The normalized spacial score (nSPS) is 11.5. The van der Waals surface area contributed by atoms with E-state index in [-0.39, 0.29) is 5.97 Å². The highest BCUT2D eigenvalue weighted by Gasteiger charge is 2.20. The van der Waals surface area contributed by atoms with Gasteiger partial charge in [0, 0.05) is 16.5 Å². The van der Waals surface area contributed by atoms with Crippen LogP contribution in [0.5, 0.6) is 0 Å². The van der Waals surface area contributed by atoms with Crippen LogP contribution in [-0.4, -0.2) is 25.7 Å². The molecule has 0 spiro atoms. The average molecular weight is 297 g/mol. The maximum absolute atomic E-state index is 11.9. The molecule has 0 heterocycles. The first-order valence-electron chi connectivity index (χ1n) is 6.35. The van der Waals surface area contributed by atoms with Gasteiger partial charge in [0.05, 0.1) is 6.61 Å². The number of esters is 1. The van der Waals surface area contributed by atoms with E-state index in [1.807, 2.05) is 0 Å². The fraction of sp³-hybridized carbons (Fsp3) is 0.462. The molecule has 1 unspecified atom stereocenters. The molecule has 1 N–H and O–H groups in total. The first-order valence-corrected chi connectivity index (χ1v) is 6.73. The summed E-state index contributed by atoms with van der Waals surface area (Å²) in [6, 6.07) is 6.47. The second kappa shape index (κ2) is 9.20. The number of hydrogen-bond donors (Lipinski definition) is 1. The Kier molecular flexibility index (Phi) is 7.50. The minimum absolute atomic E-state index is 0.323. The first kappa shape index (κ1) is 16.3. The molecular weight excluding hydrogens is 280 g/mol. The van der Waals surface area contributed by atoms with E-state index in [1.54, 1.807) is 31.2 Å². The van der Waals surface area contributed by atoms with Crippen molar-refractivity contribution in [1.82, 2.24) is 5.32 Å². The monoisotopic (exact) mass is 296 g/mol. The van der Waals surface area contributed by atoms with Crippen molar-refractivity contribution < 1.29 is 9.53 Å². The number of benzene rings is 1. The second-order valence-electron chi connectivity index (χ2n) is 4.00. The molecule has 0 saturated carbocycles. The lowest BCUT2D eigenvalue weighted by atomic mass is 10.1. The molecule has 0 fully saturated rings. The summed E-state index contributed by atoms with van der Waals surface area (Å²) < 4.78 is 5.05. The first-order chi connectivity index (χ1) is 9.69. The molecule has 0 amide bonds. The number of ether oxygens (including phenoxy) is 1. The summed E-state index contributed by atoms with van der Waals surface area (Å²) in [5.74, 6) is -0.335. The van der Waals surface area contributed by atoms with Gasteiger partial charge in [0.1, 0.15) is 6.04 Å². The molecule has 0 bridgehead atoms. The zero-order valence-corrected chi connectivity index (χ0v) is 12.0. The zero-order valence-electron chi connectivity index (χ0n) is 11.3. The van der Waals surface area contributed by atoms with E-state index in [2.05, 4.69) is 15.3 Å². The summed E-state index contributed by atoms with van der Waals surface area (Å²) in [5.41, 5.74) is 8.98. The zero-order chi connectivity index (χ0) is 14.8. The summed E-state index contributed by atoms with van der Waals surface area (Å²) in [6.45, 7) is 3.02. The Labute approximate surface area is 122 Å². The van der Waals surface area contributed by atoms with Crippen molar-refractivity contribution in [2.45, 2.75) is 19.4 Å². The number of rotatable bonds is 8. The van der Waals surface area contributed by atoms with Crippen LogP contribution in [-0.2, 0) is 9.53 Å². The van der Waals surface area contributed by atoms with Crippen LogP contribution in [0.3, 0.4) is 0 Å². The highest BCUT2D eigenvalue weighted by molar-refractivity contribution is 6.30. The Hall–Kier alpha value is -1.75. The lowest BCUT2D eigenvalue weighted by Gasteiger charge is -2.17. The fourth-order valence-electron chi connectivity index (χ4n) is 1.66. The van der Waals surface area contributed by atoms with Gasteiger partial charge >= 0.3 is 5.97 Å². The Bertz CT molecular complexity index is 472. The Morgan fingerprint density at radius 2 is 2.20 bits per heavy atom. The molecule has 0 saturated heterocycles. The molecule has 0 aliphatic heterocycles. The highest BCUT2D eigenvalue weighted by Crippen LogP contribution is 2.18. The number of nitrogens with one attached hydrogen (secondary N) is 1. The van der Waals surface area contributed by atoms with Crippen molar-refractivity contribution in [1.29, 1.82) is 0 Å². The summed E-state index contributed by atoms with van der Waals surface area (Å²) in [5, 5.41) is 7.15. The number of hydrogen-bond acceptors (Lipinski definition) is 4. The van der Waals surface area contributed by atoms with Gasteiger partial charge in [-0.15, -0.1) is 0 Å². The maximum Gasteiger partial charge on any atom is 0.327 e. The highest BCUT2D eigenvalue weighted by atomic mass is 35.5. The van der Waals surface area contributed by atoms with Gasteiger partial charge in [-0.3, -0.25) is 0 Å². The Morgan fingerprint density at radius 3 is 2.80 bits per heavy atom. The van der Waals surface area contributed by atoms with E-state index >= 15 is 0 Å². The topological polar surface area (TPSA) is 87.1 Å². The predicted octanol–water partition coefficient (Wildman–Crippen LogP) is 3.23. The quantitative estimate of drug-likeness (QED) is 0.263. The van der Waals surface area contributed by atoms with Gasteiger partial charge in [0.25, 0.3) is 0 Å². The third-order valence-corrected chi connectivity index (χ3v) is 2.82. The summed E-state index contributed by atoms with van der Waals surface area (Å²) >= 11 is 5.84. The lowest BCUT2D eigenvalue weighted by Crippen LogP contribution is -2.31. The van der Waals surface area contributed by atoms with Crippen molar-refractivity contribution in [2.24, 2.45) is 5.11 Å². The van der Waals surface area contributed by atoms with E-state index < -0.39 is 6.04 Å². The van der Waals surface area contributed by atoms with Crippen molar-refractivity contribution in [3.05, 3.63) is 45.3 Å². The van der Waals surface area contributed by atoms with Crippen molar-refractivity contribution in [3.63, 3.8) is 0 Å². The Morgan fingerprint density at radius 1 is 1.50 bits per heavy atom. The number of carbonyl (C=O) groups is 1. The van der Waals surface area contributed by atoms with Gasteiger partial charge in [-0.1, -0.05) is 28.8 Å². The van der Waals surface area contributed by atoms with Gasteiger partial charge in [-0.05, 0) is 43.1 Å². The van der Waals surface area contributed by atoms with E-state index in [9.17, 15) is 4.79 Å². The average Bonchev–Trinajstić information content (AvgIpc) is 2.44. The molecule has 0 aliphatic rings. The van der Waals surface area contributed by atoms with Crippen molar-refractivity contribution in [2.75, 3.05) is 19.7 Å². The van der Waals surface area contributed by atoms with E-state index in [0.717, 1.165) is 5.56 Å². The van der Waals surface area contributed by atoms with Crippen LogP contribution >= 0.6 is 11.6 Å². The minimum atomic E-state index is -0.543. The fourth-order valence-corrected chi connectivity index (χ4v) is 1.78. The molecule has 0 aliphatic carbocycles. The predicted molar refractivity (Wildman–Crippen MR) is 77.5 cm³/mol. The van der Waals surface area contributed by atoms with Gasteiger partial charge in [-0.25, -0.2) is 4.79 Å². The molecule has 108 valence electrons. The second-order valence-corrected chi connectivity index (χ2v) is 4.44. The summed E-state index contributed by atoms with van der Waals surface area (Å²) in [4.78, 5) is 14.6. The molecule has 0 aromatic heterocycles. The van der Waals surface area contributed by atoms with Crippen LogP contribution in [0.25, 0.3) is 10.4 Å². The molecule has 1 rings (SSSR count). The van der Waals surface area contributed by atoms with Crippen LogP contribution in [0.4, 0.5) is 0 Å². The van der Waals surface area contributed by atoms with Crippen LogP contribution in [0.15, 0.2) is 29.4 Å². The molecule has 1 aromatic carbocycles. The molecule has 20 heavy (non-hydrogen) atoms.